The number of benzene rings is 2. The van der Waals surface area contributed by atoms with Gasteiger partial charge in [0.2, 0.25) is 5.91 Å². The zero-order chi connectivity index (χ0) is 21.6. The van der Waals surface area contributed by atoms with E-state index in [0.29, 0.717) is 22.3 Å². The van der Waals surface area contributed by atoms with Gasteiger partial charge in [0.15, 0.2) is 5.16 Å². The summed E-state index contributed by atoms with van der Waals surface area (Å²) in [6.45, 7) is 3.61. The minimum absolute atomic E-state index is 0.176. The van der Waals surface area contributed by atoms with Crippen molar-refractivity contribution in [3.63, 3.8) is 0 Å². The van der Waals surface area contributed by atoms with Gasteiger partial charge in [-0.05, 0) is 49.7 Å². The Morgan fingerprint density at radius 2 is 1.81 bits per heavy atom. The zero-order valence-corrected chi connectivity index (χ0v) is 19.3. The van der Waals surface area contributed by atoms with E-state index in [1.54, 1.807) is 18.2 Å². The molecule has 1 amide bonds. The molecule has 6 nitrogen and oxygen atoms in total. The van der Waals surface area contributed by atoms with Crippen LogP contribution in [0.2, 0.25) is 10.0 Å². The Morgan fingerprint density at radius 1 is 1.03 bits per heavy atom. The number of likely N-dealkylation sites (tertiary alicyclic amines) is 1. The highest BCUT2D eigenvalue weighted by Gasteiger charge is 2.19. The quantitative estimate of drug-likeness (QED) is 0.466. The Kier molecular flexibility index (Phi) is 7.50. The van der Waals surface area contributed by atoms with Gasteiger partial charge in [-0.1, -0.05) is 65.3 Å². The van der Waals surface area contributed by atoms with Crippen LogP contribution in [0.3, 0.4) is 0 Å². The number of carbonyl (C=O) groups excluding carboxylic acids is 1. The minimum Gasteiger partial charge on any atom is -0.324 e. The number of hydrogen-bond donors (Lipinski definition) is 1. The molecule has 162 valence electrons. The number of anilines is 1. The lowest BCUT2D eigenvalue weighted by molar-refractivity contribution is -0.113. The van der Waals surface area contributed by atoms with Gasteiger partial charge >= 0.3 is 0 Å². The molecule has 0 bridgehead atoms. The number of aromatic nitrogens is 3. The third-order valence-electron chi connectivity index (χ3n) is 5.08. The van der Waals surface area contributed by atoms with E-state index in [1.165, 1.54) is 30.2 Å². The lowest BCUT2D eigenvalue weighted by Gasteiger charge is -2.16. The van der Waals surface area contributed by atoms with Gasteiger partial charge in [-0.25, -0.2) is 0 Å². The van der Waals surface area contributed by atoms with E-state index in [-0.39, 0.29) is 11.7 Å². The maximum Gasteiger partial charge on any atom is 0.234 e. The number of carbonyl (C=O) groups is 1. The van der Waals surface area contributed by atoms with Crippen LogP contribution in [0.5, 0.6) is 0 Å². The fraction of sp³-hybridized carbons (Fsp3) is 0.318. The first-order valence-corrected chi connectivity index (χ1v) is 11.9. The van der Waals surface area contributed by atoms with Crippen LogP contribution in [0.15, 0.2) is 53.7 Å². The summed E-state index contributed by atoms with van der Waals surface area (Å²) in [4.78, 5) is 14.9. The van der Waals surface area contributed by atoms with Crippen LogP contribution in [-0.4, -0.2) is 44.4 Å². The van der Waals surface area contributed by atoms with Crippen LogP contribution < -0.4 is 5.32 Å². The summed E-state index contributed by atoms with van der Waals surface area (Å²) < 4.78 is 2.11. The normalized spacial score (nSPS) is 14.1. The molecule has 1 aromatic heterocycles. The third-order valence-corrected chi connectivity index (χ3v) is 6.61. The first-order chi connectivity index (χ1) is 15.1. The molecule has 2 aromatic carbocycles. The van der Waals surface area contributed by atoms with Crippen LogP contribution in [-0.2, 0) is 17.9 Å². The van der Waals surface area contributed by atoms with E-state index >= 15 is 0 Å². The van der Waals surface area contributed by atoms with Crippen molar-refractivity contribution in [1.29, 1.82) is 0 Å². The van der Waals surface area contributed by atoms with Gasteiger partial charge in [-0.15, -0.1) is 10.2 Å². The van der Waals surface area contributed by atoms with Crippen molar-refractivity contribution in [2.24, 2.45) is 0 Å². The van der Waals surface area contributed by atoms with Crippen molar-refractivity contribution in [1.82, 2.24) is 19.7 Å². The highest BCUT2D eigenvalue weighted by molar-refractivity contribution is 7.99. The molecule has 1 saturated heterocycles. The lowest BCUT2D eigenvalue weighted by Crippen LogP contribution is -2.22. The van der Waals surface area contributed by atoms with Crippen LogP contribution in [0.25, 0.3) is 0 Å². The van der Waals surface area contributed by atoms with Crippen LogP contribution in [0.4, 0.5) is 5.69 Å². The second-order valence-corrected chi connectivity index (χ2v) is 9.20. The maximum absolute atomic E-state index is 12.5. The maximum atomic E-state index is 12.5. The number of amides is 1. The molecule has 3 aromatic rings. The molecule has 1 N–H and O–H groups in total. The first kappa shape index (κ1) is 22.1. The van der Waals surface area contributed by atoms with E-state index in [9.17, 15) is 4.79 Å². The SMILES string of the molecule is O=C(CSc1nnc(CN2CCCC2)n1Cc1ccccc1)Nc1cc(Cl)ccc1Cl. The topological polar surface area (TPSA) is 63.1 Å². The van der Waals surface area contributed by atoms with Crippen LogP contribution >= 0.6 is 35.0 Å². The zero-order valence-electron chi connectivity index (χ0n) is 16.9. The van der Waals surface area contributed by atoms with Crippen molar-refractivity contribution in [2.75, 3.05) is 24.2 Å². The number of halogens is 2. The van der Waals surface area contributed by atoms with E-state index in [4.69, 9.17) is 23.2 Å². The molecule has 31 heavy (non-hydrogen) atoms. The predicted octanol–water partition coefficient (Wildman–Crippen LogP) is 4.96. The monoisotopic (exact) mass is 475 g/mol. The second kappa shape index (κ2) is 10.5. The molecule has 0 radical (unpaired) electrons. The smallest absolute Gasteiger partial charge is 0.234 e. The van der Waals surface area contributed by atoms with Gasteiger partial charge in [0.05, 0.1) is 29.6 Å². The molecule has 1 aliphatic rings. The Bertz CT molecular complexity index is 1040. The molecule has 0 aliphatic carbocycles. The highest BCUT2D eigenvalue weighted by Crippen LogP contribution is 2.26. The van der Waals surface area contributed by atoms with Gasteiger partial charge in [0, 0.05) is 5.02 Å². The molecular weight excluding hydrogens is 453 g/mol. The summed E-state index contributed by atoms with van der Waals surface area (Å²) in [5, 5.41) is 13.3. The van der Waals surface area contributed by atoms with Gasteiger partial charge < -0.3 is 9.88 Å². The Labute approximate surface area is 195 Å². The molecular formula is C22H23Cl2N5OS. The van der Waals surface area contributed by atoms with E-state index in [1.807, 2.05) is 18.2 Å². The molecule has 0 saturated carbocycles. The van der Waals surface area contributed by atoms with Crippen molar-refractivity contribution < 1.29 is 4.79 Å². The number of hydrogen-bond acceptors (Lipinski definition) is 5. The minimum atomic E-state index is -0.176. The molecule has 2 heterocycles. The van der Waals surface area contributed by atoms with Gasteiger partial charge in [-0.3, -0.25) is 9.69 Å². The molecule has 9 heteroatoms. The molecule has 0 spiro atoms. The van der Waals surface area contributed by atoms with Gasteiger partial charge in [0.1, 0.15) is 5.82 Å². The molecule has 1 aliphatic heterocycles. The summed E-state index contributed by atoms with van der Waals surface area (Å²) in [6, 6.07) is 15.2. The molecule has 4 rings (SSSR count). The summed E-state index contributed by atoms with van der Waals surface area (Å²) in [7, 11) is 0. The predicted molar refractivity (Wildman–Crippen MR) is 126 cm³/mol. The van der Waals surface area contributed by atoms with Crippen molar-refractivity contribution in [2.45, 2.75) is 31.1 Å². The first-order valence-electron chi connectivity index (χ1n) is 10.1. The fourth-order valence-corrected chi connectivity index (χ4v) is 4.61. The van der Waals surface area contributed by atoms with E-state index < -0.39 is 0 Å². The standard InChI is InChI=1S/C22H23Cl2N5OS/c23-17-8-9-18(24)19(12-17)25-21(30)15-31-22-27-26-20(14-28-10-4-5-11-28)29(22)13-16-6-2-1-3-7-16/h1-3,6-9,12H,4-5,10-11,13-15H2,(H,25,30). The summed E-state index contributed by atoms with van der Waals surface area (Å²) >= 11 is 13.5. The molecule has 0 unspecified atom stereocenters. The third kappa shape index (κ3) is 6.01. The summed E-state index contributed by atoms with van der Waals surface area (Å²) in [5.74, 6) is 0.940. The van der Waals surface area contributed by atoms with Gasteiger partial charge in [-0.2, -0.15) is 0 Å². The van der Waals surface area contributed by atoms with Gasteiger partial charge in [0.25, 0.3) is 0 Å². The summed E-state index contributed by atoms with van der Waals surface area (Å²) in [6.07, 6.45) is 2.45. The summed E-state index contributed by atoms with van der Waals surface area (Å²) in [5.41, 5.74) is 1.67. The Hall–Kier alpha value is -2.06. The van der Waals surface area contributed by atoms with Crippen LogP contribution in [0, 0.1) is 0 Å². The Morgan fingerprint density at radius 3 is 2.58 bits per heavy atom. The average molecular weight is 476 g/mol. The van der Waals surface area contributed by atoms with Crippen molar-refractivity contribution in [3.05, 3.63) is 70.0 Å². The lowest BCUT2D eigenvalue weighted by atomic mass is 10.2. The van der Waals surface area contributed by atoms with E-state index in [2.05, 4.69) is 37.1 Å². The number of nitrogens with zero attached hydrogens (tertiary/aromatic N) is 4. The number of thioether (sulfide) groups is 1. The number of nitrogens with one attached hydrogen (secondary N) is 1. The van der Waals surface area contributed by atoms with Crippen LogP contribution in [0.1, 0.15) is 24.2 Å². The Balaban J connectivity index is 1.46. The fourth-order valence-electron chi connectivity index (χ4n) is 3.52. The van der Waals surface area contributed by atoms with E-state index in [0.717, 1.165) is 30.6 Å². The van der Waals surface area contributed by atoms with Crippen molar-refractivity contribution >= 4 is 46.6 Å². The average Bonchev–Trinajstić information content (AvgIpc) is 3.41. The number of rotatable bonds is 8. The largest absolute Gasteiger partial charge is 0.324 e. The molecule has 0 atom stereocenters. The highest BCUT2D eigenvalue weighted by atomic mass is 35.5. The second-order valence-electron chi connectivity index (χ2n) is 7.41. The van der Waals surface area contributed by atoms with Crippen molar-refractivity contribution in [3.8, 4) is 0 Å². The molecule has 1 fully saturated rings.